The Bertz CT molecular complexity index is 277. The molecule has 1 aromatic rings. The first-order chi connectivity index (χ1) is 6.99. The first-order valence-electron chi connectivity index (χ1n) is 5.49. The van der Waals surface area contributed by atoms with Gasteiger partial charge in [0.25, 0.3) is 0 Å². The fourth-order valence-electron chi connectivity index (χ4n) is 1.40. The minimum Gasteiger partial charge on any atom is -0.312 e. The van der Waals surface area contributed by atoms with Gasteiger partial charge < -0.3 is 5.32 Å². The van der Waals surface area contributed by atoms with E-state index in [1.807, 2.05) is 12.4 Å². The maximum absolute atomic E-state index is 4.03. The van der Waals surface area contributed by atoms with Gasteiger partial charge in [-0.2, -0.15) is 0 Å². The number of aromatic nitrogens is 2. The Morgan fingerprint density at radius 2 is 1.87 bits per heavy atom. The molecule has 84 valence electrons. The maximum Gasteiger partial charge on any atom is 0.115 e. The Morgan fingerprint density at radius 1 is 1.27 bits per heavy atom. The third kappa shape index (κ3) is 4.88. The summed E-state index contributed by atoms with van der Waals surface area (Å²) in [4.78, 5) is 8.06. The molecule has 0 radical (unpaired) electrons. The highest BCUT2D eigenvalue weighted by atomic mass is 14.9. The Kier molecular flexibility index (Phi) is 4.21. The molecular formula is C12H21N3. The van der Waals surface area contributed by atoms with Crippen LogP contribution in [0.2, 0.25) is 0 Å². The standard InChI is InChI=1S/C12H21N3/c1-10(5-6-15-12(2,3)4)11-7-13-9-14-8-11/h7-10,15H,5-6H2,1-4H3. The topological polar surface area (TPSA) is 37.8 Å². The first-order valence-corrected chi connectivity index (χ1v) is 5.49. The van der Waals surface area contributed by atoms with E-state index in [1.54, 1.807) is 6.33 Å². The number of rotatable bonds is 4. The van der Waals surface area contributed by atoms with E-state index >= 15 is 0 Å². The third-order valence-corrected chi connectivity index (χ3v) is 2.38. The summed E-state index contributed by atoms with van der Waals surface area (Å²) in [5.74, 6) is 0.515. The van der Waals surface area contributed by atoms with Crippen molar-refractivity contribution < 1.29 is 0 Å². The third-order valence-electron chi connectivity index (χ3n) is 2.38. The normalized spacial score (nSPS) is 13.9. The van der Waals surface area contributed by atoms with Gasteiger partial charge in [-0.15, -0.1) is 0 Å². The molecule has 0 amide bonds. The Balaban J connectivity index is 2.34. The summed E-state index contributed by atoms with van der Waals surface area (Å²) < 4.78 is 0. The highest BCUT2D eigenvalue weighted by Gasteiger charge is 2.10. The molecule has 15 heavy (non-hydrogen) atoms. The van der Waals surface area contributed by atoms with E-state index in [-0.39, 0.29) is 5.54 Å². The fourth-order valence-corrected chi connectivity index (χ4v) is 1.40. The lowest BCUT2D eigenvalue weighted by atomic mass is 10.00. The summed E-state index contributed by atoms with van der Waals surface area (Å²) in [6.07, 6.45) is 6.48. The SMILES string of the molecule is CC(CCNC(C)(C)C)c1cncnc1. The molecule has 3 nitrogen and oxygen atoms in total. The Labute approximate surface area is 92.3 Å². The van der Waals surface area contributed by atoms with Crippen LogP contribution in [0.4, 0.5) is 0 Å². The molecule has 1 unspecified atom stereocenters. The predicted molar refractivity (Wildman–Crippen MR) is 62.8 cm³/mol. The van der Waals surface area contributed by atoms with Gasteiger partial charge in [0, 0.05) is 17.9 Å². The van der Waals surface area contributed by atoms with Gasteiger partial charge in [-0.05, 0) is 45.2 Å². The molecule has 0 fully saturated rings. The van der Waals surface area contributed by atoms with E-state index in [1.165, 1.54) is 5.56 Å². The van der Waals surface area contributed by atoms with Crippen molar-refractivity contribution in [1.29, 1.82) is 0 Å². The van der Waals surface area contributed by atoms with E-state index in [2.05, 4.69) is 43.0 Å². The second-order valence-electron chi connectivity index (χ2n) is 5.04. The molecule has 0 saturated carbocycles. The van der Waals surface area contributed by atoms with E-state index < -0.39 is 0 Å². The molecule has 0 aliphatic rings. The largest absolute Gasteiger partial charge is 0.312 e. The van der Waals surface area contributed by atoms with Crippen LogP contribution in [0.15, 0.2) is 18.7 Å². The van der Waals surface area contributed by atoms with Gasteiger partial charge >= 0.3 is 0 Å². The van der Waals surface area contributed by atoms with Gasteiger partial charge in [0.05, 0.1) is 0 Å². The van der Waals surface area contributed by atoms with Crippen molar-refractivity contribution in [3.8, 4) is 0 Å². The van der Waals surface area contributed by atoms with Crippen LogP contribution in [0.25, 0.3) is 0 Å². The van der Waals surface area contributed by atoms with E-state index in [4.69, 9.17) is 0 Å². The van der Waals surface area contributed by atoms with Crippen LogP contribution >= 0.6 is 0 Å². The van der Waals surface area contributed by atoms with Crippen molar-refractivity contribution in [1.82, 2.24) is 15.3 Å². The zero-order valence-electron chi connectivity index (χ0n) is 10.1. The number of nitrogens with zero attached hydrogens (tertiary/aromatic N) is 2. The molecule has 3 heteroatoms. The summed E-state index contributed by atoms with van der Waals surface area (Å²) in [5.41, 5.74) is 1.42. The summed E-state index contributed by atoms with van der Waals surface area (Å²) in [6.45, 7) is 9.79. The molecule has 1 atom stereocenters. The minimum absolute atomic E-state index is 0.201. The fraction of sp³-hybridized carbons (Fsp3) is 0.667. The average Bonchev–Trinajstić information content (AvgIpc) is 2.17. The predicted octanol–water partition coefficient (Wildman–Crippen LogP) is 2.36. The lowest BCUT2D eigenvalue weighted by molar-refractivity contribution is 0.413. The van der Waals surface area contributed by atoms with Gasteiger partial charge in [0.15, 0.2) is 0 Å². The number of hydrogen-bond donors (Lipinski definition) is 1. The van der Waals surface area contributed by atoms with Crippen molar-refractivity contribution in [2.45, 2.75) is 45.6 Å². The highest BCUT2D eigenvalue weighted by molar-refractivity contribution is 5.08. The second-order valence-corrected chi connectivity index (χ2v) is 5.04. The van der Waals surface area contributed by atoms with Crippen LogP contribution in [0.3, 0.4) is 0 Å². The van der Waals surface area contributed by atoms with Crippen molar-refractivity contribution in [3.63, 3.8) is 0 Å². The first kappa shape index (κ1) is 12.1. The van der Waals surface area contributed by atoms with Crippen LogP contribution in [-0.2, 0) is 0 Å². The van der Waals surface area contributed by atoms with Crippen molar-refractivity contribution in [2.24, 2.45) is 0 Å². The smallest absolute Gasteiger partial charge is 0.115 e. The molecule has 0 aliphatic heterocycles. The number of hydrogen-bond acceptors (Lipinski definition) is 3. The average molecular weight is 207 g/mol. The summed E-state index contributed by atoms with van der Waals surface area (Å²) in [5, 5.41) is 3.48. The molecule has 0 spiro atoms. The summed E-state index contributed by atoms with van der Waals surface area (Å²) >= 11 is 0. The molecule has 1 heterocycles. The molecule has 0 saturated heterocycles. The van der Waals surface area contributed by atoms with Crippen LogP contribution in [0.5, 0.6) is 0 Å². The van der Waals surface area contributed by atoms with Crippen LogP contribution in [-0.4, -0.2) is 22.1 Å². The van der Waals surface area contributed by atoms with Crippen LogP contribution in [0, 0.1) is 0 Å². The Hall–Kier alpha value is -0.960. The van der Waals surface area contributed by atoms with Gasteiger partial charge in [0.2, 0.25) is 0 Å². The molecular weight excluding hydrogens is 186 g/mol. The van der Waals surface area contributed by atoms with E-state index in [9.17, 15) is 0 Å². The molecule has 1 N–H and O–H groups in total. The molecule has 0 aromatic carbocycles. The van der Waals surface area contributed by atoms with Crippen LogP contribution < -0.4 is 5.32 Å². The second kappa shape index (κ2) is 5.21. The van der Waals surface area contributed by atoms with Gasteiger partial charge in [0.1, 0.15) is 6.33 Å². The maximum atomic E-state index is 4.03. The summed E-state index contributed by atoms with van der Waals surface area (Å²) in [7, 11) is 0. The quantitative estimate of drug-likeness (QED) is 0.823. The lowest BCUT2D eigenvalue weighted by Gasteiger charge is -2.21. The Morgan fingerprint density at radius 3 is 2.40 bits per heavy atom. The molecule has 0 bridgehead atoms. The highest BCUT2D eigenvalue weighted by Crippen LogP contribution is 2.16. The number of nitrogens with one attached hydrogen (secondary N) is 1. The molecule has 1 aromatic heterocycles. The molecule has 1 rings (SSSR count). The van der Waals surface area contributed by atoms with E-state index in [0.717, 1.165) is 13.0 Å². The van der Waals surface area contributed by atoms with Crippen molar-refractivity contribution >= 4 is 0 Å². The van der Waals surface area contributed by atoms with Crippen molar-refractivity contribution in [2.75, 3.05) is 6.54 Å². The zero-order valence-corrected chi connectivity index (χ0v) is 10.1. The minimum atomic E-state index is 0.201. The molecule has 0 aliphatic carbocycles. The summed E-state index contributed by atoms with van der Waals surface area (Å²) in [6, 6.07) is 0. The zero-order chi connectivity index (χ0) is 11.3. The van der Waals surface area contributed by atoms with Gasteiger partial charge in [-0.1, -0.05) is 6.92 Å². The van der Waals surface area contributed by atoms with E-state index in [0.29, 0.717) is 5.92 Å². The van der Waals surface area contributed by atoms with Crippen molar-refractivity contribution in [3.05, 3.63) is 24.3 Å². The lowest BCUT2D eigenvalue weighted by Crippen LogP contribution is -2.36. The monoisotopic (exact) mass is 207 g/mol. The van der Waals surface area contributed by atoms with Crippen LogP contribution in [0.1, 0.15) is 45.6 Å². The van der Waals surface area contributed by atoms with Gasteiger partial charge in [-0.3, -0.25) is 0 Å². The van der Waals surface area contributed by atoms with Gasteiger partial charge in [-0.25, -0.2) is 9.97 Å².